The number of carbonyl (C=O) groups is 2. The van der Waals surface area contributed by atoms with E-state index in [2.05, 4.69) is 30.9 Å². The molecule has 96 valence electrons. The summed E-state index contributed by atoms with van der Waals surface area (Å²) >= 11 is 0. The first-order valence-electron chi connectivity index (χ1n) is 5.48. The second kappa shape index (κ2) is 6.44. The van der Waals surface area contributed by atoms with Crippen molar-refractivity contribution in [3.8, 4) is 0 Å². The first-order valence-corrected chi connectivity index (χ1v) is 5.48. The summed E-state index contributed by atoms with van der Waals surface area (Å²) in [4.78, 5) is 21.5. The van der Waals surface area contributed by atoms with E-state index in [-0.39, 0.29) is 13.1 Å². The van der Waals surface area contributed by atoms with Gasteiger partial charge in [-0.25, -0.2) is 4.79 Å². The Hall–Kier alpha value is -2.30. The van der Waals surface area contributed by atoms with Crippen LogP contribution in [0.3, 0.4) is 0 Å². The van der Waals surface area contributed by atoms with Gasteiger partial charge in [0.1, 0.15) is 6.54 Å². The van der Waals surface area contributed by atoms with Gasteiger partial charge >= 0.3 is 12.0 Å². The minimum atomic E-state index is -1.09. The molecule has 2 amide bonds. The molecule has 2 aliphatic carbocycles. The summed E-state index contributed by atoms with van der Waals surface area (Å²) in [6, 6.07) is -0.757. The molecular formula is C13H16N2O3. The molecule has 3 N–H and O–H groups in total. The minimum absolute atomic E-state index is 0.154. The Bertz CT molecular complexity index is 427. The molecule has 2 bridgehead atoms. The summed E-state index contributed by atoms with van der Waals surface area (Å²) < 4.78 is 0. The van der Waals surface area contributed by atoms with Gasteiger partial charge in [0.15, 0.2) is 0 Å². The molecule has 5 heteroatoms. The van der Waals surface area contributed by atoms with E-state index >= 15 is 0 Å². The van der Waals surface area contributed by atoms with Crippen molar-refractivity contribution in [2.45, 2.75) is 6.42 Å². The Labute approximate surface area is 106 Å². The number of hydrogen-bond donors (Lipinski definition) is 2. The fourth-order valence-corrected chi connectivity index (χ4v) is 1.56. The van der Waals surface area contributed by atoms with Crippen LogP contribution in [0.5, 0.6) is 0 Å². The molecule has 0 aromatic heterocycles. The van der Waals surface area contributed by atoms with Crippen molar-refractivity contribution in [2.75, 3.05) is 13.1 Å². The number of amides is 2. The Morgan fingerprint density at radius 1 is 1.39 bits per heavy atom. The molecule has 0 heterocycles. The van der Waals surface area contributed by atoms with Crippen LogP contribution >= 0.6 is 0 Å². The largest absolute Gasteiger partial charge is 0.480 e. The third-order valence-electron chi connectivity index (χ3n) is 2.42. The molecule has 0 fully saturated rings. The van der Waals surface area contributed by atoms with Gasteiger partial charge in [0.05, 0.1) is 0 Å². The first-order chi connectivity index (χ1) is 8.52. The van der Waals surface area contributed by atoms with Gasteiger partial charge in [-0.05, 0) is 17.6 Å². The number of allylic oxidation sites excluding steroid dienone is 6. The highest BCUT2D eigenvalue weighted by atomic mass is 16.4. The molecule has 0 spiro atoms. The van der Waals surface area contributed by atoms with Crippen molar-refractivity contribution < 1.29 is 14.7 Å². The van der Waals surface area contributed by atoms with Crippen molar-refractivity contribution in [2.24, 2.45) is 5.73 Å². The van der Waals surface area contributed by atoms with E-state index in [9.17, 15) is 9.59 Å². The quantitative estimate of drug-likeness (QED) is 0.738. The van der Waals surface area contributed by atoms with Crippen molar-refractivity contribution in [3.05, 3.63) is 48.1 Å². The van der Waals surface area contributed by atoms with Crippen LogP contribution in [-0.4, -0.2) is 35.1 Å². The molecule has 0 atom stereocenters. The number of primary amides is 1. The predicted molar refractivity (Wildman–Crippen MR) is 68.9 cm³/mol. The maximum atomic E-state index is 10.5. The summed E-state index contributed by atoms with van der Waals surface area (Å²) in [6.45, 7) is 3.11. The highest BCUT2D eigenvalue weighted by Crippen LogP contribution is 2.27. The molecule has 0 aromatic rings. The number of urea groups is 1. The number of carbonyl (C=O) groups excluding carboxylic acids is 1. The average Bonchev–Trinajstić information content (AvgIpc) is 2.92. The second-order valence-electron chi connectivity index (χ2n) is 3.89. The van der Waals surface area contributed by atoms with Crippen LogP contribution in [0.15, 0.2) is 48.1 Å². The maximum absolute atomic E-state index is 10.5. The van der Waals surface area contributed by atoms with Gasteiger partial charge in [0.25, 0.3) is 0 Å². The minimum Gasteiger partial charge on any atom is -0.480 e. The third kappa shape index (κ3) is 4.29. The van der Waals surface area contributed by atoms with Crippen molar-refractivity contribution in [3.63, 3.8) is 0 Å². The van der Waals surface area contributed by atoms with Gasteiger partial charge in [0.2, 0.25) is 0 Å². The number of nitrogens with two attached hydrogens (primary N) is 1. The van der Waals surface area contributed by atoms with Gasteiger partial charge in [-0.3, -0.25) is 4.79 Å². The molecule has 2 rings (SSSR count). The van der Waals surface area contributed by atoms with Gasteiger partial charge in [-0.2, -0.15) is 0 Å². The Balaban J connectivity index is 0.000000194. The van der Waals surface area contributed by atoms with Crippen LogP contribution in [0.25, 0.3) is 0 Å². The summed E-state index contributed by atoms with van der Waals surface area (Å²) in [6.07, 6.45) is 11.3. The Morgan fingerprint density at radius 2 is 1.94 bits per heavy atom. The normalized spacial score (nSPS) is 14.2. The molecule has 0 aliphatic heterocycles. The van der Waals surface area contributed by atoms with E-state index in [0.29, 0.717) is 0 Å². The topological polar surface area (TPSA) is 83.6 Å². The molecular weight excluding hydrogens is 232 g/mol. The smallest absolute Gasteiger partial charge is 0.323 e. The molecule has 0 aromatic carbocycles. The van der Waals surface area contributed by atoms with E-state index < -0.39 is 12.0 Å². The van der Waals surface area contributed by atoms with Gasteiger partial charge < -0.3 is 15.7 Å². The lowest BCUT2D eigenvalue weighted by Crippen LogP contribution is -2.39. The number of aliphatic carboxylic acids is 1. The highest BCUT2D eigenvalue weighted by Gasteiger charge is 2.10. The number of rotatable bonds is 4. The SMILES string of the molecule is C1=CC2=CC=C1C2.C=CCN(CC(=O)O)C(N)=O. The molecule has 2 aliphatic rings. The van der Waals surface area contributed by atoms with Gasteiger partial charge in [-0.1, -0.05) is 30.4 Å². The standard InChI is InChI=1S/C7H6.C6H10N2O3/c1-2-7-4-3-6(1)5-7;1-2-3-8(6(7)11)4-5(9)10/h1-4H,5H2;2H,1,3-4H2,(H2,7,11)(H,9,10). The lowest BCUT2D eigenvalue weighted by atomic mass is 10.3. The van der Waals surface area contributed by atoms with E-state index in [4.69, 9.17) is 10.8 Å². The van der Waals surface area contributed by atoms with Crippen LogP contribution in [0.4, 0.5) is 4.79 Å². The monoisotopic (exact) mass is 248 g/mol. The van der Waals surface area contributed by atoms with Crippen LogP contribution in [0.1, 0.15) is 6.42 Å². The highest BCUT2D eigenvalue weighted by molar-refractivity contribution is 5.78. The first kappa shape index (κ1) is 13.8. The van der Waals surface area contributed by atoms with E-state index in [1.807, 2.05) is 0 Å². The zero-order chi connectivity index (χ0) is 13.5. The third-order valence-corrected chi connectivity index (χ3v) is 2.42. The van der Waals surface area contributed by atoms with Crippen LogP contribution in [-0.2, 0) is 4.79 Å². The number of carboxylic acid groups (broad SMARTS) is 1. The zero-order valence-electron chi connectivity index (χ0n) is 10.0. The lowest BCUT2D eigenvalue weighted by Gasteiger charge is -2.14. The van der Waals surface area contributed by atoms with Crippen molar-refractivity contribution in [1.82, 2.24) is 4.90 Å². The average molecular weight is 248 g/mol. The molecule has 5 nitrogen and oxygen atoms in total. The van der Waals surface area contributed by atoms with Gasteiger partial charge in [0, 0.05) is 6.54 Å². The number of hydrogen-bond acceptors (Lipinski definition) is 2. The van der Waals surface area contributed by atoms with Crippen LogP contribution < -0.4 is 5.73 Å². The number of nitrogens with zero attached hydrogens (tertiary/aromatic N) is 1. The molecule has 0 saturated carbocycles. The Morgan fingerprint density at radius 3 is 2.17 bits per heavy atom. The Kier molecular flexibility index (Phi) is 4.92. The molecule has 0 saturated heterocycles. The fourth-order valence-electron chi connectivity index (χ4n) is 1.56. The second-order valence-corrected chi connectivity index (χ2v) is 3.89. The van der Waals surface area contributed by atoms with E-state index in [1.165, 1.54) is 23.6 Å². The predicted octanol–water partition coefficient (Wildman–Crippen LogP) is 1.45. The molecule has 0 radical (unpaired) electrons. The number of carboxylic acids is 1. The summed E-state index contributed by atoms with van der Waals surface area (Å²) in [7, 11) is 0. The summed E-state index contributed by atoms with van der Waals surface area (Å²) in [5.74, 6) is -1.09. The summed E-state index contributed by atoms with van der Waals surface area (Å²) in [5, 5.41) is 8.28. The number of fused-ring (bicyclic) bond motifs is 2. The van der Waals surface area contributed by atoms with E-state index in [0.717, 1.165) is 4.90 Å². The zero-order valence-corrected chi connectivity index (χ0v) is 10.0. The van der Waals surface area contributed by atoms with E-state index in [1.54, 1.807) is 0 Å². The van der Waals surface area contributed by atoms with Gasteiger partial charge in [-0.15, -0.1) is 6.58 Å². The lowest BCUT2D eigenvalue weighted by molar-refractivity contribution is -0.137. The maximum Gasteiger partial charge on any atom is 0.323 e. The molecule has 18 heavy (non-hydrogen) atoms. The molecule has 0 unspecified atom stereocenters. The fraction of sp³-hybridized carbons (Fsp3) is 0.231. The van der Waals surface area contributed by atoms with Crippen LogP contribution in [0, 0.1) is 0 Å². The van der Waals surface area contributed by atoms with Crippen molar-refractivity contribution >= 4 is 12.0 Å². The summed E-state index contributed by atoms with van der Waals surface area (Å²) in [5.41, 5.74) is 7.78. The van der Waals surface area contributed by atoms with Crippen molar-refractivity contribution in [1.29, 1.82) is 0 Å². The van der Waals surface area contributed by atoms with Crippen LogP contribution in [0.2, 0.25) is 0 Å².